The van der Waals surface area contributed by atoms with Gasteiger partial charge >= 0.3 is 0 Å². The van der Waals surface area contributed by atoms with Crippen molar-refractivity contribution in [1.82, 2.24) is 10.2 Å². The van der Waals surface area contributed by atoms with Crippen LogP contribution in [0.15, 0.2) is 22.8 Å². The monoisotopic (exact) mass is 254 g/mol. The van der Waals surface area contributed by atoms with E-state index in [1.54, 1.807) is 6.07 Å². The molecule has 1 heterocycles. The molecule has 1 aromatic rings. The van der Waals surface area contributed by atoms with Crippen molar-refractivity contribution >= 4 is 11.8 Å². The molecular weight excluding hydrogens is 236 g/mol. The van der Waals surface area contributed by atoms with Gasteiger partial charge in [-0.25, -0.2) is 0 Å². The first-order chi connectivity index (χ1) is 8.69. The SMILES string of the molecule is CCCN(CCO)C(=O)CNC(=O)c1ccco1. The Kier molecular flexibility index (Phi) is 5.93. The molecule has 0 atom stereocenters. The smallest absolute Gasteiger partial charge is 0.287 e. The molecule has 1 aromatic heterocycles. The molecule has 6 nitrogen and oxygen atoms in total. The molecule has 0 aliphatic rings. The lowest BCUT2D eigenvalue weighted by Gasteiger charge is -2.20. The lowest BCUT2D eigenvalue weighted by molar-refractivity contribution is -0.130. The minimum absolute atomic E-state index is 0.0854. The van der Waals surface area contributed by atoms with Gasteiger partial charge in [0.1, 0.15) is 0 Å². The summed E-state index contributed by atoms with van der Waals surface area (Å²) in [4.78, 5) is 24.8. The molecular formula is C12H18N2O4. The molecule has 0 radical (unpaired) electrons. The van der Waals surface area contributed by atoms with Gasteiger partial charge in [-0.15, -0.1) is 0 Å². The summed E-state index contributed by atoms with van der Waals surface area (Å²) >= 11 is 0. The van der Waals surface area contributed by atoms with Crippen LogP contribution in [-0.2, 0) is 4.79 Å². The second-order valence-electron chi connectivity index (χ2n) is 3.76. The highest BCUT2D eigenvalue weighted by Gasteiger charge is 2.14. The van der Waals surface area contributed by atoms with Crippen LogP contribution in [0.2, 0.25) is 0 Å². The average Bonchev–Trinajstić information content (AvgIpc) is 2.89. The number of aliphatic hydroxyl groups is 1. The number of nitrogens with one attached hydrogen (secondary N) is 1. The van der Waals surface area contributed by atoms with Crippen molar-refractivity contribution in [1.29, 1.82) is 0 Å². The minimum Gasteiger partial charge on any atom is -0.459 e. The summed E-state index contributed by atoms with van der Waals surface area (Å²) in [5, 5.41) is 11.3. The first-order valence-electron chi connectivity index (χ1n) is 5.89. The van der Waals surface area contributed by atoms with Gasteiger partial charge in [0.25, 0.3) is 5.91 Å². The Hall–Kier alpha value is -1.82. The summed E-state index contributed by atoms with van der Waals surface area (Å²) in [6, 6.07) is 3.13. The molecule has 0 fully saturated rings. The zero-order chi connectivity index (χ0) is 13.4. The van der Waals surface area contributed by atoms with E-state index in [0.717, 1.165) is 6.42 Å². The van der Waals surface area contributed by atoms with E-state index in [2.05, 4.69) is 5.32 Å². The summed E-state index contributed by atoms with van der Waals surface area (Å²) in [6.45, 7) is 2.61. The van der Waals surface area contributed by atoms with Crippen molar-refractivity contribution < 1.29 is 19.1 Å². The number of amides is 2. The third kappa shape index (κ3) is 4.21. The van der Waals surface area contributed by atoms with Gasteiger partial charge < -0.3 is 19.7 Å². The Morgan fingerprint density at radius 2 is 2.22 bits per heavy atom. The second kappa shape index (κ2) is 7.50. The van der Waals surface area contributed by atoms with Gasteiger partial charge in [-0.3, -0.25) is 9.59 Å². The quantitative estimate of drug-likeness (QED) is 0.730. The highest BCUT2D eigenvalue weighted by Crippen LogP contribution is 1.99. The molecule has 0 unspecified atom stereocenters. The highest BCUT2D eigenvalue weighted by molar-refractivity contribution is 5.94. The number of hydrogen-bond donors (Lipinski definition) is 2. The van der Waals surface area contributed by atoms with Gasteiger partial charge in [0.2, 0.25) is 5.91 Å². The molecule has 0 saturated carbocycles. The Morgan fingerprint density at radius 1 is 1.44 bits per heavy atom. The van der Waals surface area contributed by atoms with Gasteiger partial charge in [0.15, 0.2) is 5.76 Å². The summed E-state index contributed by atoms with van der Waals surface area (Å²) in [6.07, 6.45) is 2.20. The van der Waals surface area contributed by atoms with Crippen molar-refractivity contribution in [3.05, 3.63) is 24.2 Å². The Bertz CT molecular complexity index is 369. The largest absolute Gasteiger partial charge is 0.459 e. The Morgan fingerprint density at radius 3 is 2.78 bits per heavy atom. The highest BCUT2D eigenvalue weighted by atomic mass is 16.3. The molecule has 0 bridgehead atoms. The molecule has 18 heavy (non-hydrogen) atoms. The van der Waals surface area contributed by atoms with Crippen LogP contribution < -0.4 is 5.32 Å². The number of rotatable bonds is 7. The van der Waals surface area contributed by atoms with Gasteiger partial charge in [-0.1, -0.05) is 6.92 Å². The number of furan rings is 1. The molecule has 6 heteroatoms. The van der Waals surface area contributed by atoms with Gasteiger partial charge in [0.05, 0.1) is 19.4 Å². The van der Waals surface area contributed by atoms with E-state index in [9.17, 15) is 9.59 Å². The molecule has 2 N–H and O–H groups in total. The fraction of sp³-hybridized carbons (Fsp3) is 0.500. The van der Waals surface area contributed by atoms with E-state index in [1.165, 1.54) is 17.2 Å². The zero-order valence-electron chi connectivity index (χ0n) is 10.4. The summed E-state index contributed by atoms with van der Waals surface area (Å²) in [7, 11) is 0. The minimum atomic E-state index is -0.422. The van der Waals surface area contributed by atoms with Crippen LogP contribution in [0.5, 0.6) is 0 Å². The van der Waals surface area contributed by atoms with Crippen molar-refractivity contribution in [2.45, 2.75) is 13.3 Å². The van der Waals surface area contributed by atoms with Crippen LogP contribution in [0.25, 0.3) is 0 Å². The van der Waals surface area contributed by atoms with Crippen LogP contribution in [0.1, 0.15) is 23.9 Å². The fourth-order valence-corrected chi connectivity index (χ4v) is 1.51. The van der Waals surface area contributed by atoms with E-state index < -0.39 is 5.91 Å². The van der Waals surface area contributed by atoms with E-state index >= 15 is 0 Å². The van der Waals surface area contributed by atoms with Crippen LogP contribution in [0.3, 0.4) is 0 Å². The maximum absolute atomic E-state index is 11.8. The predicted octanol–water partition coefficient (Wildman–Crippen LogP) is 0.240. The number of aliphatic hydroxyl groups excluding tert-OH is 1. The van der Waals surface area contributed by atoms with E-state index in [-0.39, 0.29) is 31.4 Å². The topological polar surface area (TPSA) is 82.8 Å². The number of hydrogen-bond acceptors (Lipinski definition) is 4. The van der Waals surface area contributed by atoms with Crippen LogP contribution in [0, 0.1) is 0 Å². The second-order valence-corrected chi connectivity index (χ2v) is 3.76. The van der Waals surface area contributed by atoms with Crippen LogP contribution in [0.4, 0.5) is 0 Å². The van der Waals surface area contributed by atoms with Gasteiger partial charge in [-0.2, -0.15) is 0 Å². The Balaban J connectivity index is 2.41. The fourth-order valence-electron chi connectivity index (χ4n) is 1.51. The molecule has 2 amide bonds. The lowest BCUT2D eigenvalue weighted by Crippen LogP contribution is -2.41. The third-order valence-corrected chi connectivity index (χ3v) is 2.36. The average molecular weight is 254 g/mol. The summed E-state index contributed by atoms with van der Waals surface area (Å²) in [5.41, 5.74) is 0. The number of nitrogens with zero attached hydrogens (tertiary/aromatic N) is 1. The van der Waals surface area contributed by atoms with Crippen molar-refractivity contribution in [2.24, 2.45) is 0 Å². The standard InChI is InChI=1S/C12H18N2O4/c1-2-5-14(6-7-15)11(16)9-13-12(17)10-4-3-8-18-10/h3-4,8,15H,2,5-7,9H2,1H3,(H,13,17). The molecule has 1 rings (SSSR count). The Labute approximate surface area is 106 Å². The van der Waals surface area contributed by atoms with Gasteiger partial charge in [0, 0.05) is 13.1 Å². The molecule has 0 aromatic carbocycles. The zero-order valence-corrected chi connectivity index (χ0v) is 10.4. The van der Waals surface area contributed by atoms with Crippen molar-refractivity contribution in [3.63, 3.8) is 0 Å². The van der Waals surface area contributed by atoms with E-state index in [1.807, 2.05) is 6.92 Å². The maximum Gasteiger partial charge on any atom is 0.287 e. The molecule has 0 saturated heterocycles. The first kappa shape index (κ1) is 14.2. The van der Waals surface area contributed by atoms with Crippen LogP contribution in [-0.4, -0.2) is 48.1 Å². The molecule has 100 valence electrons. The normalized spacial score (nSPS) is 10.1. The number of carbonyl (C=O) groups is 2. The molecule has 0 aliphatic carbocycles. The van der Waals surface area contributed by atoms with E-state index in [4.69, 9.17) is 9.52 Å². The lowest BCUT2D eigenvalue weighted by atomic mass is 10.3. The molecule has 0 aliphatic heterocycles. The predicted molar refractivity (Wildman–Crippen MR) is 65.0 cm³/mol. The summed E-state index contributed by atoms with van der Waals surface area (Å²) in [5.74, 6) is -0.466. The van der Waals surface area contributed by atoms with Gasteiger partial charge in [-0.05, 0) is 18.6 Å². The van der Waals surface area contributed by atoms with Crippen molar-refractivity contribution in [2.75, 3.05) is 26.2 Å². The first-order valence-corrected chi connectivity index (χ1v) is 5.89. The summed E-state index contributed by atoms with van der Waals surface area (Å²) < 4.78 is 4.91. The van der Waals surface area contributed by atoms with Crippen molar-refractivity contribution in [3.8, 4) is 0 Å². The van der Waals surface area contributed by atoms with Crippen LogP contribution >= 0.6 is 0 Å². The third-order valence-electron chi connectivity index (χ3n) is 2.36. The number of carbonyl (C=O) groups excluding carboxylic acids is 2. The maximum atomic E-state index is 11.8. The molecule has 0 spiro atoms. The van der Waals surface area contributed by atoms with E-state index in [0.29, 0.717) is 6.54 Å².